The van der Waals surface area contributed by atoms with Gasteiger partial charge in [-0.15, -0.1) is 0 Å². The lowest BCUT2D eigenvalue weighted by molar-refractivity contribution is 0.482. The van der Waals surface area contributed by atoms with Crippen LogP contribution in [0.2, 0.25) is 0 Å². The van der Waals surface area contributed by atoms with Crippen LogP contribution < -0.4 is 14.6 Å². The summed E-state index contributed by atoms with van der Waals surface area (Å²) in [6.07, 6.45) is 3.64. The van der Waals surface area contributed by atoms with Crippen molar-refractivity contribution in [2.24, 2.45) is 0 Å². The Morgan fingerprint density at radius 1 is 1.00 bits per heavy atom. The van der Waals surface area contributed by atoms with Crippen LogP contribution in [-0.4, -0.2) is 11.2 Å². The summed E-state index contributed by atoms with van der Waals surface area (Å²) in [5.74, 6) is 1.60. The third kappa shape index (κ3) is 4.45. The van der Waals surface area contributed by atoms with E-state index in [9.17, 15) is 4.79 Å². The minimum atomic E-state index is -0.0547. The van der Waals surface area contributed by atoms with E-state index in [0.29, 0.717) is 6.54 Å². The monoisotopic (exact) mass is 352 g/mol. The van der Waals surface area contributed by atoms with Gasteiger partial charge >= 0.3 is 0 Å². The Balaban J connectivity index is 1.72. The molecule has 0 atom stereocenters. The highest BCUT2D eigenvalue weighted by atomic mass is 32.2. The highest BCUT2D eigenvalue weighted by molar-refractivity contribution is 7.99. The number of benzene rings is 2. The quantitative estimate of drug-likeness (QED) is 0.650. The van der Waals surface area contributed by atoms with E-state index in [2.05, 4.69) is 9.29 Å². The second-order valence-electron chi connectivity index (χ2n) is 5.65. The molecule has 0 aliphatic rings. The summed E-state index contributed by atoms with van der Waals surface area (Å²) in [5, 5.41) is 0. The molecule has 4 nitrogen and oxygen atoms in total. The lowest BCUT2D eigenvalue weighted by Crippen LogP contribution is -2.20. The van der Waals surface area contributed by atoms with E-state index in [1.165, 1.54) is 5.56 Å². The predicted molar refractivity (Wildman–Crippen MR) is 104 cm³/mol. The van der Waals surface area contributed by atoms with Gasteiger partial charge in [0.1, 0.15) is 11.5 Å². The summed E-state index contributed by atoms with van der Waals surface area (Å²) in [6.45, 7) is 2.59. The van der Waals surface area contributed by atoms with Crippen molar-refractivity contribution in [2.45, 2.75) is 13.5 Å². The van der Waals surface area contributed by atoms with Crippen molar-refractivity contribution in [3.05, 3.63) is 88.3 Å². The number of hydrogen-bond donors (Lipinski definition) is 1. The van der Waals surface area contributed by atoms with Gasteiger partial charge in [0, 0.05) is 23.7 Å². The molecule has 0 aliphatic carbocycles. The summed E-state index contributed by atoms with van der Waals surface area (Å²) in [7, 11) is 0. The molecule has 0 saturated carbocycles. The first kappa shape index (κ1) is 17.2. The first-order valence-electron chi connectivity index (χ1n) is 7.98. The van der Waals surface area contributed by atoms with E-state index in [-0.39, 0.29) is 5.56 Å². The molecule has 1 heterocycles. The molecule has 0 amide bonds. The van der Waals surface area contributed by atoms with Gasteiger partial charge in [-0.2, -0.15) is 0 Å². The Labute approximate surface area is 151 Å². The average molecular weight is 352 g/mol. The van der Waals surface area contributed by atoms with Crippen LogP contribution in [0.25, 0.3) is 0 Å². The fraction of sp³-hybridized carbons (Fsp3) is 0.150. The molecule has 0 bridgehead atoms. The molecule has 1 N–H and O–H groups in total. The summed E-state index contributed by atoms with van der Waals surface area (Å²) in [4.78, 5) is 14.6. The highest BCUT2D eigenvalue weighted by Gasteiger charge is 2.09. The Morgan fingerprint density at radius 3 is 2.24 bits per heavy atom. The van der Waals surface area contributed by atoms with Gasteiger partial charge in [-0.25, -0.2) is 0 Å². The van der Waals surface area contributed by atoms with Crippen molar-refractivity contribution in [1.82, 2.24) is 4.98 Å². The lowest BCUT2D eigenvalue weighted by Gasteiger charge is -2.21. The van der Waals surface area contributed by atoms with Crippen molar-refractivity contribution in [2.75, 3.05) is 10.6 Å². The normalized spacial score (nSPS) is 10.5. The second kappa shape index (κ2) is 7.94. The summed E-state index contributed by atoms with van der Waals surface area (Å²) < 4.78 is 7.93. The fourth-order valence-corrected chi connectivity index (χ4v) is 3.02. The van der Waals surface area contributed by atoms with Crippen LogP contribution in [-0.2, 0) is 6.54 Å². The largest absolute Gasteiger partial charge is 0.457 e. The van der Waals surface area contributed by atoms with Gasteiger partial charge in [-0.1, -0.05) is 35.7 Å². The van der Waals surface area contributed by atoms with Gasteiger partial charge in [0.2, 0.25) is 0 Å². The van der Waals surface area contributed by atoms with Crippen LogP contribution in [0.4, 0.5) is 5.69 Å². The zero-order valence-electron chi connectivity index (χ0n) is 14.2. The van der Waals surface area contributed by atoms with E-state index in [1.807, 2.05) is 73.8 Å². The second-order valence-corrected chi connectivity index (χ2v) is 6.46. The Morgan fingerprint density at radius 2 is 1.64 bits per heavy atom. The zero-order chi connectivity index (χ0) is 17.6. The molecule has 3 rings (SSSR count). The number of aryl methyl sites for hydroxylation is 1. The maximum absolute atomic E-state index is 11.9. The molecule has 25 heavy (non-hydrogen) atoms. The van der Waals surface area contributed by atoms with Gasteiger partial charge in [-0.3, -0.25) is 4.79 Å². The van der Waals surface area contributed by atoms with Crippen molar-refractivity contribution in [3.8, 4) is 11.5 Å². The minimum absolute atomic E-state index is 0.0547. The molecule has 0 spiro atoms. The van der Waals surface area contributed by atoms with Crippen molar-refractivity contribution in [3.63, 3.8) is 0 Å². The molecule has 128 valence electrons. The predicted octanol–water partition coefficient (Wildman–Crippen LogP) is 4.76. The molecule has 0 radical (unpaired) electrons. The Bertz CT molecular complexity index is 873. The summed E-state index contributed by atoms with van der Waals surface area (Å²) in [5.41, 5.74) is 2.90. The number of aromatic nitrogens is 1. The van der Waals surface area contributed by atoms with E-state index >= 15 is 0 Å². The average Bonchev–Trinajstić information content (AvgIpc) is 2.64. The van der Waals surface area contributed by atoms with Crippen LogP contribution >= 0.6 is 11.9 Å². The first-order valence-corrected chi connectivity index (χ1v) is 9.16. The maximum Gasteiger partial charge on any atom is 0.252 e. The van der Waals surface area contributed by atoms with Crippen LogP contribution in [0, 0.1) is 6.92 Å². The molecular formula is C20H20N2O2S. The maximum atomic E-state index is 11.9. The molecule has 0 unspecified atom stereocenters. The number of pyridine rings is 1. The Kier molecular flexibility index (Phi) is 5.46. The van der Waals surface area contributed by atoms with E-state index < -0.39 is 0 Å². The van der Waals surface area contributed by atoms with Gasteiger partial charge in [0.05, 0.1) is 6.54 Å². The molecule has 3 aromatic rings. The topological polar surface area (TPSA) is 45.3 Å². The molecule has 0 fully saturated rings. The Hall–Kier alpha value is -2.66. The summed E-state index contributed by atoms with van der Waals surface area (Å²) in [6, 6.07) is 19.5. The van der Waals surface area contributed by atoms with E-state index in [4.69, 9.17) is 4.74 Å². The molecular weight excluding hydrogens is 332 g/mol. The highest BCUT2D eigenvalue weighted by Crippen LogP contribution is 2.27. The van der Waals surface area contributed by atoms with Crippen LogP contribution in [0.1, 0.15) is 11.1 Å². The number of nitrogens with zero attached hydrogens (tertiary/aromatic N) is 1. The first-order chi connectivity index (χ1) is 12.2. The van der Waals surface area contributed by atoms with E-state index in [1.54, 1.807) is 18.1 Å². The smallest absolute Gasteiger partial charge is 0.252 e. The number of aromatic amines is 1. The zero-order valence-corrected chi connectivity index (χ0v) is 15.0. The van der Waals surface area contributed by atoms with Gasteiger partial charge in [0.15, 0.2) is 0 Å². The number of hydrogen-bond acceptors (Lipinski definition) is 4. The van der Waals surface area contributed by atoms with Gasteiger partial charge in [-0.05, 0) is 49.4 Å². The minimum Gasteiger partial charge on any atom is -0.457 e. The number of anilines is 1. The number of rotatable bonds is 6. The molecule has 0 aliphatic heterocycles. The van der Waals surface area contributed by atoms with E-state index in [0.717, 1.165) is 22.7 Å². The van der Waals surface area contributed by atoms with Crippen LogP contribution in [0.5, 0.6) is 11.5 Å². The van der Waals surface area contributed by atoms with Crippen molar-refractivity contribution >= 4 is 17.6 Å². The third-order valence-corrected chi connectivity index (χ3v) is 4.60. The number of nitrogens with one attached hydrogen (secondary N) is 1. The molecule has 5 heteroatoms. The number of H-pyrrole nitrogens is 1. The standard InChI is InChI=1S/C20H20N2O2S/c1-15-5-9-18(10-6-15)24-19-11-7-17(8-12-19)22(25-2)14-16-4-3-13-21-20(16)23/h3-13H,14H2,1-2H3,(H,21,23). The molecule has 0 saturated heterocycles. The van der Waals surface area contributed by atoms with Crippen LogP contribution in [0.15, 0.2) is 71.7 Å². The van der Waals surface area contributed by atoms with Gasteiger partial charge < -0.3 is 14.0 Å². The third-order valence-electron chi connectivity index (χ3n) is 3.82. The van der Waals surface area contributed by atoms with Crippen molar-refractivity contribution < 1.29 is 4.74 Å². The molecule has 1 aromatic heterocycles. The number of ether oxygens (including phenoxy) is 1. The SMILES string of the molecule is CSN(Cc1ccc[nH]c1=O)c1ccc(Oc2ccc(C)cc2)cc1. The summed E-state index contributed by atoms with van der Waals surface area (Å²) >= 11 is 1.58. The lowest BCUT2D eigenvalue weighted by atomic mass is 10.2. The van der Waals surface area contributed by atoms with Crippen LogP contribution in [0.3, 0.4) is 0 Å². The van der Waals surface area contributed by atoms with Gasteiger partial charge in [0.25, 0.3) is 5.56 Å². The fourth-order valence-electron chi connectivity index (χ4n) is 2.42. The van der Waals surface area contributed by atoms with Crippen molar-refractivity contribution in [1.29, 1.82) is 0 Å². The molecule has 2 aromatic carbocycles.